The van der Waals surface area contributed by atoms with Crippen molar-refractivity contribution in [2.75, 3.05) is 0 Å². The Morgan fingerprint density at radius 1 is 1.38 bits per heavy atom. The number of halogens is 1. The van der Waals surface area contributed by atoms with Crippen molar-refractivity contribution in [3.05, 3.63) is 51.7 Å². The van der Waals surface area contributed by atoms with Gasteiger partial charge in [-0.1, -0.05) is 0 Å². The number of aliphatic hydroxyl groups is 1. The minimum Gasteiger partial charge on any atom is -0.380 e. The summed E-state index contributed by atoms with van der Waals surface area (Å²) in [5.74, 6) is -0.487. The fourth-order valence-electron chi connectivity index (χ4n) is 1.60. The second-order valence-electron chi connectivity index (χ2n) is 3.84. The van der Waals surface area contributed by atoms with E-state index in [0.717, 1.165) is 16.0 Å². The van der Waals surface area contributed by atoms with Crippen LogP contribution in [0.15, 0.2) is 30.6 Å². The maximum absolute atomic E-state index is 13.6. The second kappa shape index (κ2) is 3.96. The summed E-state index contributed by atoms with van der Waals surface area (Å²) in [4.78, 5) is 5.49. The van der Waals surface area contributed by atoms with Gasteiger partial charge in [-0.3, -0.25) is 4.98 Å². The number of pyridine rings is 1. The summed E-state index contributed by atoms with van der Waals surface area (Å²) in [5, 5.41) is 10.4. The van der Waals surface area contributed by atoms with Gasteiger partial charge in [0, 0.05) is 21.5 Å². The normalized spacial score (nSPS) is 14.8. The Balaban J connectivity index is 2.50. The predicted molar refractivity (Wildman–Crippen MR) is 61.9 cm³/mol. The van der Waals surface area contributed by atoms with Crippen LogP contribution in [0.5, 0.6) is 0 Å². The first kappa shape index (κ1) is 11.2. The molecule has 0 saturated carbocycles. The lowest BCUT2D eigenvalue weighted by molar-refractivity contribution is 0.102. The highest BCUT2D eigenvalue weighted by Gasteiger charge is 2.30. The summed E-state index contributed by atoms with van der Waals surface area (Å²) in [7, 11) is 0. The summed E-state index contributed by atoms with van der Waals surface area (Å²) in [6, 6.07) is 5.23. The van der Waals surface area contributed by atoms with Crippen molar-refractivity contribution < 1.29 is 9.50 Å². The van der Waals surface area contributed by atoms with Crippen molar-refractivity contribution in [3.8, 4) is 0 Å². The molecule has 0 spiro atoms. The van der Waals surface area contributed by atoms with Crippen molar-refractivity contribution in [1.29, 1.82) is 0 Å². The highest BCUT2D eigenvalue weighted by molar-refractivity contribution is 7.12. The molecule has 0 bridgehead atoms. The number of hydrogen-bond donors (Lipinski definition) is 1. The Morgan fingerprint density at radius 2 is 2.12 bits per heavy atom. The van der Waals surface area contributed by atoms with Gasteiger partial charge in [0.1, 0.15) is 11.4 Å². The van der Waals surface area contributed by atoms with Gasteiger partial charge in [0.25, 0.3) is 0 Å². The third-order valence-corrected chi connectivity index (χ3v) is 3.73. The molecular weight excluding hydrogens is 225 g/mol. The molecule has 0 aliphatic rings. The van der Waals surface area contributed by atoms with Crippen LogP contribution in [0.4, 0.5) is 4.39 Å². The zero-order valence-corrected chi connectivity index (χ0v) is 9.88. The molecule has 0 amide bonds. The van der Waals surface area contributed by atoms with Crippen LogP contribution < -0.4 is 0 Å². The maximum Gasteiger partial charge on any atom is 0.147 e. The fourth-order valence-corrected chi connectivity index (χ4v) is 2.53. The van der Waals surface area contributed by atoms with E-state index in [2.05, 4.69) is 4.98 Å². The first-order valence-electron chi connectivity index (χ1n) is 4.91. The Hall–Kier alpha value is -1.26. The van der Waals surface area contributed by atoms with E-state index < -0.39 is 11.4 Å². The van der Waals surface area contributed by atoms with E-state index in [1.165, 1.54) is 23.6 Å². The fraction of sp³-hybridized carbons (Fsp3) is 0.250. The van der Waals surface area contributed by atoms with Crippen LogP contribution in [0.25, 0.3) is 0 Å². The number of aryl methyl sites for hydroxylation is 1. The average Bonchev–Trinajstić information content (AvgIpc) is 2.66. The minimum atomic E-state index is -1.30. The molecule has 0 aromatic carbocycles. The minimum absolute atomic E-state index is 0.254. The Labute approximate surface area is 97.4 Å². The molecule has 2 heterocycles. The van der Waals surface area contributed by atoms with Crippen molar-refractivity contribution in [2.45, 2.75) is 19.4 Å². The summed E-state index contributed by atoms with van der Waals surface area (Å²) < 4.78 is 13.6. The van der Waals surface area contributed by atoms with Crippen LogP contribution >= 0.6 is 11.3 Å². The Bertz CT molecular complexity index is 507. The van der Waals surface area contributed by atoms with Gasteiger partial charge in [-0.25, -0.2) is 4.39 Å². The molecule has 2 nitrogen and oxygen atoms in total. The first-order valence-corrected chi connectivity index (χ1v) is 5.73. The molecule has 0 aliphatic carbocycles. The third kappa shape index (κ3) is 1.86. The number of aromatic nitrogens is 1. The van der Waals surface area contributed by atoms with Crippen LogP contribution in [0, 0.1) is 12.7 Å². The molecule has 2 aromatic heterocycles. The molecule has 16 heavy (non-hydrogen) atoms. The summed E-state index contributed by atoms with van der Waals surface area (Å²) in [6.07, 6.45) is 2.59. The van der Waals surface area contributed by atoms with E-state index in [9.17, 15) is 9.50 Å². The van der Waals surface area contributed by atoms with Gasteiger partial charge in [0.05, 0.1) is 6.20 Å². The maximum atomic E-state index is 13.6. The Kier molecular flexibility index (Phi) is 2.78. The average molecular weight is 237 g/mol. The number of rotatable bonds is 2. The van der Waals surface area contributed by atoms with Gasteiger partial charge in [0.2, 0.25) is 0 Å². The lowest BCUT2D eigenvalue weighted by Crippen LogP contribution is -2.23. The second-order valence-corrected chi connectivity index (χ2v) is 5.13. The molecule has 1 atom stereocenters. The first-order chi connectivity index (χ1) is 7.51. The van der Waals surface area contributed by atoms with Gasteiger partial charge in [-0.2, -0.15) is 0 Å². The summed E-state index contributed by atoms with van der Waals surface area (Å²) in [6.45, 7) is 3.55. The molecule has 2 aromatic rings. The molecule has 1 unspecified atom stereocenters. The van der Waals surface area contributed by atoms with Gasteiger partial charge in [0.15, 0.2) is 0 Å². The molecule has 0 saturated heterocycles. The number of nitrogens with zero attached hydrogens (tertiary/aromatic N) is 1. The van der Waals surface area contributed by atoms with E-state index in [-0.39, 0.29) is 5.56 Å². The van der Waals surface area contributed by atoms with Crippen LogP contribution in [0.1, 0.15) is 22.2 Å². The zero-order chi connectivity index (χ0) is 11.8. The standard InChI is InChI=1S/C12H12FNOS/c1-8-3-4-11(16-8)12(2,15)9-5-6-14-7-10(9)13/h3-7,15H,1-2H3. The molecule has 0 fully saturated rings. The third-order valence-electron chi connectivity index (χ3n) is 2.52. The quantitative estimate of drug-likeness (QED) is 0.871. The zero-order valence-electron chi connectivity index (χ0n) is 9.07. The van der Waals surface area contributed by atoms with E-state index in [1.807, 2.05) is 19.1 Å². The SMILES string of the molecule is Cc1ccc(C(C)(O)c2ccncc2F)s1. The number of thiophene rings is 1. The highest BCUT2D eigenvalue weighted by atomic mass is 32.1. The lowest BCUT2D eigenvalue weighted by Gasteiger charge is -2.22. The van der Waals surface area contributed by atoms with Gasteiger partial charge in [-0.05, 0) is 32.0 Å². The van der Waals surface area contributed by atoms with Crippen molar-refractivity contribution in [1.82, 2.24) is 4.98 Å². The lowest BCUT2D eigenvalue weighted by atomic mass is 9.95. The molecule has 84 valence electrons. The van der Waals surface area contributed by atoms with Crippen LogP contribution in [0.3, 0.4) is 0 Å². The number of hydrogen-bond acceptors (Lipinski definition) is 3. The molecule has 1 N–H and O–H groups in total. The highest BCUT2D eigenvalue weighted by Crippen LogP contribution is 2.34. The molecule has 4 heteroatoms. The van der Waals surface area contributed by atoms with Gasteiger partial charge in [-0.15, -0.1) is 11.3 Å². The topological polar surface area (TPSA) is 33.1 Å². The molecule has 0 radical (unpaired) electrons. The van der Waals surface area contributed by atoms with E-state index >= 15 is 0 Å². The Morgan fingerprint density at radius 3 is 2.69 bits per heavy atom. The summed E-state index contributed by atoms with van der Waals surface area (Å²) >= 11 is 1.46. The largest absolute Gasteiger partial charge is 0.380 e. The van der Waals surface area contributed by atoms with E-state index in [1.54, 1.807) is 6.92 Å². The predicted octanol–water partition coefficient (Wildman–Crippen LogP) is 2.85. The van der Waals surface area contributed by atoms with E-state index in [0.29, 0.717) is 0 Å². The van der Waals surface area contributed by atoms with Crippen molar-refractivity contribution in [2.24, 2.45) is 0 Å². The van der Waals surface area contributed by atoms with Gasteiger partial charge >= 0.3 is 0 Å². The van der Waals surface area contributed by atoms with Crippen LogP contribution in [-0.4, -0.2) is 10.1 Å². The van der Waals surface area contributed by atoms with Crippen molar-refractivity contribution >= 4 is 11.3 Å². The monoisotopic (exact) mass is 237 g/mol. The molecule has 0 aliphatic heterocycles. The van der Waals surface area contributed by atoms with Gasteiger partial charge < -0.3 is 5.11 Å². The molecular formula is C12H12FNOS. The van der Waals surface area contributed by atoms with E-state index in [4.69, 9.17) is 0 Å². The smallest absolute Gasteiger partial charge is 0.147 e. The van der Waals surface area contributed by atoms with Crippen molar-refractivity contribution in [3.63, 3.8) is 0 Å². The van der Waals surface area contributed by atoms with Crippen LogP contribution in [0.2, 0.25) is 0 Å². The molecule has 2 rings (SSSR count). The summed E-state index contributed by atoms with van der Waals surface area (Å²) in [5.41, 5.74) is -1.05. The van der Waals surface area contributed by atoms with Crippen LogP contribution in [-0.2, 0) is 5.60 Å².